The van der Waals surface area contributed by atoms with Crippen LogP contribution in [0.25, 0.3) is 0 Å². The first kappa shape index (κ1) is 20.1. The van der Waals surface area contributed by atoms with Crippen molar-refractivity contribution >= 4 is 28.9 Å². The number of carbonyl (C=O) groups is 2. The van der Waals surface area contributed by atoms with Gasteiger partial charge in [-0.15, -0.1) is 11.3 Å². The van der Waals surface area contributed by atoms with Crippen molar-refractivity contribution in [2.24, 2.45) is 5.92 Å². The van der Waals surface area contributed by atoms with Crippen LogP contribution < -0.4 is 5.32 Å². The van der Waals surface area contributed by atoms with Gasteiger partial charge in [-0.3, -0.25) is 14.9 Å². The Morgan fingerprint density at radius 3 is 2.62 bits per heavy atom. The normalized spacial score (nSPS) is 20.5. The van der Waals surface area contributed by atoms with Gasteiger partial charge in [0.15, 0.2) is 6.61 Å². The van der Waals surface area contributed by atoms with Gasteiger partial charge in [0.05, 0.1) is 15.7 Å². The quantitative estimate of drug-likeness (QED) is 0.469. The molecule has 1 N–H and O–H groups in total. The lowest BCUT2D eigenvalue weighted by Gasteiger charge is -2.33. The lowest BCUT2D eigenvalue weighted by atomic mass is 9.84. The van der Waals surface area contributed by atoms with Crippen molar-refractivity contribution in [1.82, 2.24) is 5.32 Å². The van der Waals surface area contributed by atoms with Crippen molar-refractivity contribution < 1.29 is 32.4 Å². The smallest absolute Gasteiger partial charge is 0.393 e. The molecule has 1 saturated carbocycles. The molecule has 1 aliphatic rings. The summed E-state index contributed by atoms with van der Waals surface area (Å²) < 4.78 is 43.7. The van der Waals surface area contributed by atoms with E-state index in [0.29, 0.717) is 17.7 Å². The number of nitrogens with zero attached hydrogens (tertiary/aromatic N) is 1. The van der Waals surface area contributed by atoms with Crippen molar-refractivity contribution in [1.29, 1.82) is 0 Å². The van der Waals surface area contributed by atoms with Crippen LogP contribution in [-0.2, 0) is 9.53 Å². The molecule has 144 valence electrons. The minimum Gasteiger partial charge on any atom is -0.451 e. The molecule has 11 heteroatoms. The lowest BCUT2D eigenvalue weighted by Crippen LogP contribution is -2.48. The van der Waals surface area contributed by atoms with Crippen LogP contribution in [0.3, 0.4) is 0 Å². The van der Waals surface area contributed by atoms with E-state index >= 15 is 0 Å². The zero-order valence-electron chi connectivity index (χ0n) is 13.8. The van der Waals surface area contributed by atoms with E-state index in [1.807, 2.05) is 0 Å². The third-order valence-corrected chi connectivity index (χ3v) is 5.18. The number of esters is 1. The van der Waals surface area contributed by atoms with E-state index in [1.54, 1.807) is 0 Å². The number of carbonyl (C=O) groups excluding carboxylic acids is 2. The predicted molar refractivity (Wildman–Crippen MR) is 85.9 cm³/mol. The van der Waals surface area contributed by atoms with Gasteiger partial charge in [0, 0.05) is 12.1 Å². The number of nitro groups is 1. The molecule has 0 spiro atoms. The number of amides is 1. The summed E-state index contributed by atoms with van der Waals surface area (Å²) in [7, 11) is 0. The Morgan fingerprint density at radius 1 is 1.38 bits per heavy atom. The van der Waals surface area contributed by atoms with E-state index in [0.717, 1.165) is 17.4 Å². The SMILES string of the molecule is Cc1sc(C(=O)OCC(=O)N[C@H]2CCCC[C@H]2C(F)(F)F)cc1[N+](=O)[O-]. The predicted octanol–water partition coefficient (Wildman–Crippen LogP) is 3.36. The molecular formula is C15H17F3N2O5S. The average molecular weight is 394 g/mol. The van der Waals surface area contributed by atoms with E-state index in [2.05, 4.69) is 5.32 Å². The summed E-state index contributed by atoms with van der Waals surface area (Å²) in [5.74, 6) is -3.38. The Labute approximate surface area is 150 Å². The molecule has 0 aliphatic heterocycles. The molecule has 0 saturated heterocycles. The molecule has 0 aromatic carbocycles. The largest absolute Gasteiger partial charge is 0.451 e. The van der Waals surface area contributed by atoms with Gasteiger partial charge >= 0.3 is 12.1 Å². The van der Waals surface area contributed by atoms with Crippen LogP contribution in [0.4, 0.5) is 18.9 Å². The summed E-state index contributed by atoms with van der Waals surface area (Å²) in [6.45, 7) is 0.720. The van der Waals surface area contributed by atoms with Gasteiger partial charge in [0.1, 0.15) is 4.88 Å². The van der Waals surface area contributed by atoms with Gasteiger partial charge in [-0.1, -0.05) is 12.8 Å². The molecule has 1 aromatic rings. The monoisotopic (exact) mass is 394 g/mol. The summed E-state index contributed by atoms with van der Waals surface area (Å²) in [5.41, 5.74) is -0.235. The second-order valence-corrected chi connectivity index (χ2v) is 7.25. The molecule has 1 amide bonds. The van der Waals surface area contributed by atoms with Gasteiger partial charge in [0.25, 0.3) is 11.6 Å². The number of ether oxygens (including phenoxy) is 1. The van der Waals surface area contributed by atoms with Crippen molar-refractivity contribution in [3.8, 4) is 0 Å². The second kappa shape index (κ2) is 8.02. The Bertz CT molecular complexity index is 704. The highest BCUT2D eigenvalue weighted by atomic mass is 32.1. The Kier molecular flexibility index (Phi) is 6.21. The highest BCUT2D eigenvalue weighted by molar-refractivity contribution is 7.14. The molecule has 1 heterocycles. The van der Waals surface area contributed by atoms with Gasteiger partial charge in [-0.25, -0.2) is 4.79 Å². The number of aryl methyl sites for hydroxylation is 1. The molecule has 1 aromatic heterocycles. The standard InChI is InChI=1S/C15H17F3N2O5S/c1-8-11(20(23)24)6-12(26-8)14(22)25-7-13(21)19-10-5-3-2-4-9(10)15(16,17)18/h6,9-10H,2-5,7H2,1H3,(H,19,21)/t9-,10+/m1/s1. The first-order valence-electron chi connectivity index (χ1n) is 7.87. The molecule has 0 radical (unpaired) electrons. The van der Waals surface area contributed by atoms with Crippen LogP contribution in [-0.4, -0.2) is 35.6 Å². The van der Waals surface area contributed by atoms with Gasteiger partial charge in [-0.05, 0) is 19.8 Å². The molecule has 26 heavy (non-hydrogen) atoms. The number of hydrogen-bond donors (Lipinski definition) is 1. The van der Waals surface area contributed by atoms with Crippen molar-refractivity contribution in [3.63, 3.8) is 0 Å². The molecule has 1 fully saturated rings. The first-order chi connectivity index (χ1) is 12.1. The fourth-order valence-corrected chi connectivity index (χ4v) is 3.78. The Morgan fingerprint density at radius 2 is 2.04 bits per heavy atom. The van der Waals surface area contributed by atoms with Crippen LogP contribution in [0, 0.1) is 23.0 Å². The van der Waals surface area contributed by atoms with Crippen LogP contribution in [0.2, 0.25) is 0 Å². The average Bonchev–Trinajstić information content (AvgIpc) is 2.94. The Hall–Kier alpha value is -2.17. The number of hydrogen-bond acceptors (Lipinski definition) is 6. The second-order valence-electron chi connectivity index (χ2n) is 5.99. The molecule has 2 rings (SSSR count). The molecule has 0 bridgehead atoms. The fraction of sp³-hybridized carbons (Fsp3) is 0.600. The zero-order chi connectivity index (χ0) is 19.5. The van der Waals surface area contributed by atoms with Crippen LogP contribution in [0.15, 0.2) is 6.07 Å². The lowest BCUT2D eigenvalue weighted by molar-refractivity contribution is -0.385. The van der Waals surface area contributed by atoms with Crippen LogP contribution >= 0.6 is 11.3 Å². The number of alkyl halides is 3. The maximum absolute atomic E-state index is 13.0. The highest BCUT2D eigenvalue weighted by Crippen LogP contribution is 2.37. The van der Waals surface area contributed by atoms with Crippen molar-refractivity contribution in [3.05, 3.63) is 25.9 Å². The summed E-state index contributed by atoms with van der Waals surface area (Å²) in [5, 5.41) is 13.0. The summed E-state index contributed by atoms with van der Waals surface area (Å²) in [4.78, 5) is 34.1. The number of nitrogens with one attached hydrogen (secondary N) is 1. The zero-order valence-corrected chi connectivity index (χ0v) is 14.6. The summed E-state index contributed by atoms with van der Waals surface area (Å²) in [6.07, 6.45) is -3.22. The summed E-state index contributed by atoms with van der Waals surface area (Å²) >= 11 is 0.845. The van der Waals surface area contributed by atoms with E-state index in [4.69, 9.17) is 4.74 Å². The van der Waals surface area contributed by atoms with Gasteiger partial charge in [0.2, 0.25) is 0 Å². The van der Waals surface area contributed by atoms with Crippen LogP contribution in [0.1, 0.15) is 40.2 Å². The van der Waals surface area contributed by atoms with E-state index in [1.165, 1.54) is 6.92 Å². The summed E-state index contributed by atoms with van der Waals surface area (Å²) in [6, 6.07) is 0.00107. The third-order valence-electron chi connectivity index (χ3n) is 4.16. The molecular weight excluding hydrogens is 377 g/mol. The maximum Gasteiger partial charge on any atom is 0.393 e. The number of halogens is 3. The number of thiophene rings is 1. The molecule has 1 aliphatic carbocycles. The van der Waals surface area contributed by atoms with E-state index < -0.39 is 41.5 Å². The van der Waals surface area contributed by atoms with Gasteiger partial charge in [-0.2, -0.15) is 13.2 Å². The van der Waals surface area contributed by atoms with Crippen molar-refractivity contribution in [2.75, 3.05) is 6.61 Å². The van der Waals surface area contributed by atoms with E-state index in [9.17, 15) is 32.9 Å². The highest BCUT2D eigenvalue weighted by Gasteiger charge is 2.45. The number of rotatable bonds is 5. The van der Waals surface area contributed by atoms with Crippen molar-refractivity contribution in [2.45, 2.75) is 44.8 Å². The first-order valence-corrected chi connectivity index (χ1v) is 8.69. The minimum absolute atomic E-state index is 0.0483. The van der Waals surface area contributed by atoms with E-state index in [-0.39, 0.29) is 23.4 Å². The molecule has 0 unspecified atom stereocenters. The molecule has 7 nitrogen and oxygen atoms in total. The Balaban J connectivity index is 1.90. The van der Waals surface area contributed by atoms with Crippen LogP contribution in [0.5, 0.6) is 0 Å². The fourth-order valence-electron chi connectivity index (χ4n) is 2.90. The topological polar surface area (TPSA) is 98.5 Å². The molecule has 2 atom stereocenters. The third kappa shape index (κ3) is 4.93. The van der Waals surface area contributed by atoms with Gasteiger partial charge < -0.3 is 10.1 Å². The maximum atomic E-state index is 13.0. The minimum atomic E-state index is -4.40.